The summed E-state index contributed by atoms with van der Waals surface area (Å²) in [5.74, 6) is 1.36. The van der Waals surface area contributed by atoms with Crippen molar-refractivity contribution in [3.8, 4) is 44.9 Å². The van der Waals surface area contributed by atoms with Crippen LogP contribution in [0.4, 0.5) is 10.5 Å². The van der Waals surface area contributed by atoms with E-state index in [1.54, 1.807) is 14.2 Å². The fraction of sp³-hybridized carbons (Fsp3) is 0.316. The summed E-state index contributed by atoms with van der Waals surface area (Å²) in [6.45, 7) is 11.0. The standard InChI is InChI=1S/C57H62N5O10.Zn/c1-57(2,3)72-56(63)60-42-14-12-39(13-15-42)53-49-20-22-51(61-49)54(40-8-6-10-45(36-40)70-34-32-68-30-28-66-26-24-64-4)47-18-16-43(58-47)38-44-17-19-48(59-44)55(52-23-21-50(53)62-52)41-9-7-11-46(37-41)71-35-33-69-31-29-67-27-25-65-5;/h6-23,36-38H,24-35H2,1-5H3,(H2-,58,59,60,61,62,63);/q-1;+2/p-1. The Labute approximate surface area is 439 Å². The fourth-order valence-electron chi connectivity index (χ4n) is 7.90. The average molecular weight is 1040 g/mol. The molecule has 0 aliphatic carbocycles. The van der Waals surface area contributed by atoms with Gasteiger partial charge in [-0.3, -0.25) is 5.32 Å². The molecule has 0 fully saturated rings. The van der Waals surface area contributed by atoms with Gasteiger partial charge in [0.1, 0.15) is 30.3 Å². The largest absolute Gasteiger partial charge is 2.00 e. The molecule has 0 saturated carbocycles. The quantitative estimate of drug-likeness (QED) is 0.0449. The van der Waals surface area contributed by atoms with Crippen LogP contribution in [-0.4, -0.2) is 115 Å². The molecular weight excluding hydrogens is 980 g/mol. The number of anilines is 1. The van der Waals surface area contributed by atoms with E-state index in [4.69, 9.17) is 62.6 Å². The maximum absolute atomic E-state index is 12.8. The molecule has 0 unspecified atom stereocenters. The molecule has 8 rings (SSSR count). The number of nitrogens with one attached hydrogen (secondary N) is 1. The molecule has 1 amide bonds. The Morgan fingerprint density at radius 1 is 0.507 bits per heavy atom. The van der Waals surface area contributed by atoms with Crippen LogP contribution in [0.15, 0.2) is 103 Å². The van der Waals surface area contributed by atoms with E-state index in [0.717, 1.165) is 55.8 Å². The summed E-state index contributed by atoms with van der Waals surface area (Å²) < 4.78 is 50.4. The maximum Gasteiger partial charge on any atom is 2.00 e. The van der Waals surface area contributed by atoms with Crippen LogP contribution in [0.3, 0.4) is 0 Å². The second-order valence-corrected chi connectivity index (χ2v) is 17.6. The Bertz CT molecular complexity index is 2930. The predicted molar refractivity (Wildman–Crippen MR) is 281 cm³/mol. The number of ether oxygens (including phenoxy) is 9. The Morgan fingerprint density at radius 2 is 0.973 bits per heavy atom. The number of methoxy groups -OCH3 is 2. The molecule has 6 aromatic rings. The van der Waals surface area contributed by atoms with Gasteiger partial charge in [0, 0.05) is 19.9 Å². The van der Waals surface area contributed by atoms with Crippen molar-refractivity contribution in [3.63, 3.8) is 0 Å². The number of rotatable bonds is 24. The first-order chi connectivity index (χ1) is 35.1. The summed E-state index contributed by atoms with van der Waals surface area (Å²) >= 11 is 0. The number of nitrogens with zero attached hydrogens (tertiary/aromatic N) is 4. The number of amides is 1. The van der Waals surface area contributed by atoms with Crippen molar-refractivity contribution in [1.82, 2.24) is 19.9 Å². The van der Waals surface area contributed by atoms with Gasteiger partial charge >= 0.3 is 25.6 Å². The van der Waals surface area contributed by atoms with Crippen LogP contribution < -0.4 is 24.8 Å². The van der Waals surface area contributed by atoms with Crippen LogP contribution >= 0.6 is 0 Å². The molecular formula is C57H61N5O10Zn. The minimum atomic E-state index is -0.651. The van der Waals surface area contributed by atoms with E-state index < -0.39 is 11.7 Å². The number of carbonyl (C=O) groups excluding carboxylic acids is 1. The molecule has 2 aliphatic rings. The van der Waals surface area contributed by atoms with E-state index in [1.807, 2.05) is 148 Å². The molecule has 16 heteroatoms. The number of benzene rings is 3. The minimum absolute atomic E-state index is 0. The molecule has 15 nitrogen and oxygen atoms in total. The van der Waals surface area contributed by atoms with Crippen LogP contribution in [0.25, 0.3) is 79.8 Å². The van der Waals surface area contributed by atoms with Crippen molar-refractivity contribution in [1.29, 1.82) is 0 Å². The van der Waals surface area contributed by atoms with Crippen LogP contribution in [0, 0.1) is 0 Å². The zero-order valence-electron chi connectivity index (χ0n) is 42.2. The molecule has 3 aromatic heterocycles. The van der Waals surface area contributed by atoms with Crippen molar-refractivity contribution >= 4 is 58.2 Å². The first-order valence-corrected chi connectivity index (χ1v) is 24.0. The summed E-state index contributed by atoms with van der Waals surface area (Å²) in [6.07, 6.45) is 7.46. The normalized spacial score (nSPS) is 11.9. The van der Waals surface area contributed by atoms with E-state index in [2.05, 4.69) is 5.32 Å². The van der Waals surface area contributed by atoms with E-state index >= 15 is 0 Å². The molecule has 73 heavy (non-hydrogen) atoms. The summed E-state index contributed by atoms with van der Waals surface area (Å²) in [5, 5.41) is 2.85. The van der Waals surface area contributed by atoms with Crippen molar-refractivity contribution in [2.45, 2.75) is 26.4 Å². The Kier molecular flexibility index (Phi) is 20.1. The second kappa shape index (κ2) is 27.0. The fourth-order valence-corrected chi connectivity index (χ4v) is 7.90. The smallest absolute Gasteiger partial charge is 0.657 e. The van der Waals surface area contributed by atoms with Gasteiger partial charge in [0.25, 0.3) is 0 Å². The molecule has 0 saturated heterocycles. The molecule has 2 aliphatic heterocycles. The first kappa shape index (κ1) is 54.3. The van der Waals surface area contributed by atoms with Crippen molar-refractivity contribution in [2.24, 2.45) is 0 Å². The van der Waals surface area contributed by atoms with Crippen molar-refractivity contribution < 1.29 is 66.9 Å². The zero-order valence-corrected chi connectivity index (χ0v) is 45.2. The second-order valence-electron chi connectivity index (χ2n) is 17.6. The van der Waals surface area contributed by atoms with Gasteiger partial charge in [0.15, 0.2) is 0 Å². The van der Waals surface area contributed by atoms with Gasteiger partial charge in [-0.2, -0.15) is 0 Å². The number of aromatic nitrogens is 4. The predicted octanol–water partition coefficient (Wildman–Crippen LogP) is 10.4. The number of fused-ring (bicyclic) bond motifs is 8. The van der Waals surface area contributed by atoms with Crippen LogP contribution in [0.5, 0.6) is 11.5 Å². The molecule has 1 N–H and O–H groups in total. The van der Waals surface area contributed by atoms with E-state index in [1.165, 1.54) is 0 Å². The van der Waals surface area contributed by atoms with Crippen LogP contribution in [0.1, 0.15) is 43.5 Å². The van der Waals surface area contributed by atoms with Gasteiger partial charge in [-0.25, -0.2) is 14.8 Å². The molecule has 5 heterocycles. The van der Waals surface area contributed by atoms with E-state index in [0.29, 0.717) is 119 Å². The molecule has 0 atom stereocenters. The van der Waals surface area contributed by atoms with Crippen molar-refractivity contribution in [2.75, 3.05) is 98.8 Å². The van der Waals surface area contributed by atoms with Gasteiger partial charge in [-0.1, -0.05) is 66.7 Å². The molecule has 8 bridgehead atoms. The van der Waals surface area contributed by atoms with Crippen LogP contribution in [0.2, 0.25) is 0 Å². The third-order valence-corrected chi connectivity index (χ3v) is 11.1. The van der Waals surface area contributed by atoms with Crippen molar-refractivity contribution in [3.05, 3.63) is 126 Å². The Balaban J connectivity index is 0.00000780. The van der Waals surface area contributed by atoms with E-state index in [-0.39, 0.29) is 19.5 Å². The van der Waals surface area contributed by atoms with Gasteiger partial charge in [0.05, 0.1) is 88.8 Å². The van der Waals surface area contributed by atoms with E-state index in [9.17, 15) is 4.79 Å². The molecule has 3 aromatic carbocycles. The monoisotopic (exact) mass is 1040 g/mol. The summed E-state index contributed by atoms with van der Waals surface area (Å²) in [7, 11) is 3.29. The number of hydrogen-bond acceptors (Lipinski definition) is 12. The third-order valence-electron chi connectivity index (χ3n) is 11.1. The Hall–Kier alpha value is -6.49. The summed E-state index contributed by atoms with van der Waals surface area (Å²) in [4.78, 5) is 33.8. The maximum atomic E-state index is 12.8. The Morgan fingerprint density at radius 3 is 1.51 bits per heavy atom. The van der Waals surface area contributed by atoms with Gasteiger partial charge in [-0.15, -0.1) is 22.1 Å². The van der Waals surface area contributed by atoms with Gasteiger partial charge in [-0.05, 0) is 115 Å². The van der Waals surface area contributed by atoms with Crippen LogP contribution in [-0.2, 0) is 52.6 Å². The molecule has 0 spiro atoms. The summed E-state index contributed by atoms with van der Waals surface area (Å²) in [6, 6.07) is 33.4. The summed E-state index contributed by atoms with van der Waals surface area (Å²) in [5.41, 5.74) is 10.7. The zero-order chi connectivity index (χ0) is 50.1. The third kappa shape index (κ3) is 15.5. The molecule has 376 valence electrons. The number of carbonyl (C=O) groups is 1. The minimum Gasteiger partial charge on any atom is -0.657 e. The van der Waals surface area contributed by atoms with Gasteiger partial charge < -0.3 is 52.6 Å². The average Bonchev–Trinajstić information content (AvgIpc) is 4.22. The SMILES string of the molecule is COCCOCCOCCOc1cccc(-c2c3nc(c(-c4ccc(NC(=O)OC(C)(C)C)cc4)c4ccc([n-]4)c(-c4cccc(OCCOCCOCCOC)c4)c4nc(cc5ccc2[n-]5)C=C4)C=C3)c1.[Zn+2]. The first-order valence-electron chi connectivity index (χ1n) is 24.0. The number of hydrogen-bond donors (Lipinski definition) is 1. The molecule has 0 radical (unpaired) electrons. The topological polar surface area (TPSA) is 166 Å². The van der Waals surface area contributed by atoms with Gasteiger partial charge in [0.2, 0.25) is 0 Å².